The lowest BCUT2D eigenvalue weighted by molar-refractivity contribution is -0.117. The lowest BCUT2D eigenvalue weighted by Crippen LogP contribution is -2.11. The number of aromatic nitrogens is 2. The first-order valence-electron chi connectivity index (χ1n) is 18.2. The second-order valence-corrected chi connectivity index (χ2v) is 13.0. The molecule has 10 heteroatoms. The first-order chi connectivity index (χ1) is 26.8. The molecule has 6 aromatic rings. The maximum Gasteiger partial charge on any atom is 0.224 e. The zero-order chi connectivity index (χ0) is 38.6. The number of nitrogens with one attached hydrogen (secondary N) is 2. The van der Waals surface area contributed by atoms with Gasteiger partial charge in [-0.25, -0.2) is 8.78 Å². The monoisotopic (exact) mass is 740 g/mol. The summed E-state index contributed by atoms with van der Waals surface area (Å²) in [4.78, 5) is 33.6. The van der Waals surface area contributed by atoms with Crippen molar-refractivity contribution in [1.82, 2.24) is 9.97 Å². The fourth-order valence-corrected chi connectivity index (χ4v) is 6.24. The number of halogens is 2. The Morgan fingerprint density at radius 3 is 1.84 bits per heavy atom. The number of carbonyl (C=O) groups excluding carboxylic acids is 2. The maximum absolute atomic E-state index is 15.7. The van der Waals surface area contributed by atoms with Gasteiger partial charge in [-0.15, -0.1) is 0 Å². The van der Waals surface area contributed by atoms with Gasteiger partial charge in [0.1, 0.15) is 0 Å². The highest BCUT2D eigenvalue weighted by atomic mass is 19.1. The van der Waals surface area contributed by atoms with E-state index in [0.717, 1.165) is 16.7 Å². The zero-order valence-corrected chi connectivity index (χ0v) is 30.8. The third-order valence-electron chi connectivity index (χ3n) is 9.08. The molecule has 2 amide bonds. The predicted octanol–water partition coefficient (Wildman–Crippen LogP) is 10.1. The van der Waals surface area contributed by atoms with Crippen LogP contribution in [-0.4, -0.2) is 35.5 Å². The highest BCUT2D eigenvalue weighted by molar-refractivity contribution is 5.91. The minimum absolute atomic E-state index is 0.0726. The number of nitrogens with zero attached hydrogens (tertiary/aromatic N) is 2. The maximum atomic E-state index is 15.7. The zero-order valence-electron chi connectivity index (χ0n) is 30.8. The average Bonchev–Trinajstić information content (AvgIpc) is 3.20. The summed E-state index contributed by atoms with van der Waals surface area (Å²) < 4.78 is 41.1. The number of pyridine rings is 2. The summed E-state index contributed by atoms with van der Waals surface area (Å²) >= 11 is 0. The van der Waals surface area contributed by atoms with Crippen LogP contribution in [0.2, 0.25) is 0 Å². The minimum atomic E-state index is -0.462. The Hall–Kier alpha value is -6.42. The van der Waals surface area contributed by atoms with Crippen LogP contribution in [0.3, 0.4) is 0 Å². The Kier molecular flexibility index (Phi) is 12.9. The van der Waals surface area contributed by atoms with Gasteiger partial charge in [0.15, 0.2) is 23.1 Å². The van der Waals surface area contributed by atoms with E-state index in [9.17, 15) is 14.0 Å². The number of ether oxygens (including phenoxy) is 2. The molecule has 280 valence electrons. The topological polar surface area (TPSA) is 102 Å². The van der Waals surface area contributed by atoms with E-state index in [0.29, 0.717) is 84.5 Å². The normalized spacial score (nSPS) is 10.8. The van der Waals surface area contributed by atoms with E-state index in [2.05, 4.69) is 20.6 Å². The first kappa shape index (κ1) is 38.3. The molecule has 0 saturated carbocycles. The lowest BCUT2D eigenvalue weighted by Gasteiger charge is -2.13. The molecule has 0 bridgehead atoms. The van der Waals surface area contributed by atoms with Crippen LogP contribution in [0.5, 0.6) is 11.5 Å². The van der Waals surface area contributed by atoms with E-state index >= 15 is 4.39 Å². The van der Waals surface area contributed by atoms with Gasteiger partial charge in [0.25, 0.3) is 0 Å². The molecule has 2 N–H and O–H groups in total. The van der Waals surface area contributed by atoms with Crippen LogP contribution in [0, 0.1) is 11.6 Å². The van der Waals surface area contributed by atoms with Crippen LogP contribution in [-0.2, 0) is 22.4 Å². The molecule has 6 rings (SSSR count). The van der Waals surface area contributed by atoms with Crippen LogP contribution >= 0.6 is 0 Å². The summed E-state index contributed by atoms with van der Waals surface area (Å²) in [7, 11) is 1.44. The minimum Gasteiger partial charge on any atom is -0.494 e. The van der Waals surface area contributed by atoms with Gasteiger partial charge in [-0.3, -0.25) is 19.6 Å². The van der Waals surface area contributed by atoms with E-state index < -0.39 is 11.6 Å². The van der Waals surface area contributed by atoms with E-state index in [1.807, 2.05) is 48.5 Å². The summed E-state index contributed by atoms with van der Waals surface area (Å²) in [5.74, 6) is -0.742. The Morgan fingerprint density at radius 1 is 0.655 bits per heavy atom. The van der Waals surface area contributed by atoms with Gasteiger partial charge in [0, 0.05) is 35.7 Å². The average molecular weight is 741 g/mol. The molecule has 0 aliphatic carbocycles. The SMILES string of the molecule is CCOc1cc(-c2ccc(NC(=O)CCCc3ccc(-c4cccc(OC)c4F)cc3)cn2)cc(-c2ccc(CCCC(=O)Nc3cccnc3)cc2)c1F. The highest BCUT2D eigenvalue weighted by Gasteiger charge is 2.16. The Balaban J connectivity index is 1.03. The molecule has 55 heavy (non-hydrogen) atoms. The van der Waals surface area contributed by atoms with Crippen LogP contribution < -0.4 is 20.1 Å². The summed E-state index contributed by atoms with van der Waals surface area (Å²) in [5.41, 5.74) is 6.85. The second kappa shape index (κ2) is 18.6. The van der Waals surface area contributed by atoms with Crippen molar-refractivity contribution in [3.8, 4) is 45.0 Å². The number of benzene rings is 4. The molecule has 4 aromatic carbocycles. The second-order valence-electron chi connectivity index (χ2n) is 13.0. The van der Waals surface area contributed by atoms with Crippen molar-refractivity contribution in [1.29, 1.82) is 0 Å². The van der Waals surface area contributed by atoms with Crippen molar-refractivity contribution >= 4 is 23.2 Å². The molecular weight excluding hydrogens is 699 g/mol. The lowest BCUT2D eigenvalue weighted by atomic mass is 9.98. The third-order valence-corrected chi connectivity index (χ3v) is 9.08. The van der Waals surface area contributed by atoms with Gasteiger partial charge < -0.3 is 20.1 Å². The molecule has 0 unspecified atom stereocenters. The first-order valence-corrected chi connectivity index (χ1v) is 18.2. The van der Waals surface area contributed by atoms with E-state index in [-0.39, 0.29) is 23.3 Å². The molecule has 0 radical (unpaired) electrons. The number of rotatable bonds is 16. The number of anilines is 2. The quantitative estimate of drug-likeness (QED) is 0.102. The molecule has 0 aliphatic rings. The number of carbonyl (C=O) groups is 2. The summed E-state index contributed by atoms with van der Waals surface area (Å²) in [6, 6.07) is 30.8. The molecular formula is C45H42F2N4O4. The van der Waals surface area contributed by atoms with Gasteiger partial charge in [0.2, 0.25) is 11.8 Å². The van der Waals surface area contributed by atoms with Crippen molar-refractivity contribution in [2.24, 2.45) is 0 Å². The van der Waals surface area contributed by atoms with Crippen molar-refractivity contribution in [2.45, 2.75) is 45.4 Å². The van der Waals surface area contributed by atoms with E-state index in [1.165, 1.54) is 7.11 Å². The fraction of sp³-hybridized carbons (Fsp3) is 0.200. The molecule has 2 heterocycles. The van der Waals surface area contributed by atoms with Gasteiger partial charge in [-0.1, -0.05) is 60.7 Å². The number of methoxy groups -OCH3 is 1. The molecule has 0 spiro atoms. The van der Waals surface area contributed by atoms with Crippen molar-refractivity contribution in [2.75, 3.05) is 24.4 Å². The number of hydrogen-bond acceptors (Lipinski definition) is 6. The van der Waals surface area contributed by atoms with Gasteiger partial charge in [-0.2, -0.15) is 0 Å². The van der Waals surface area contributed by atoms with Crippen LogP contribution in [0.4, 0.5) is 20.2 Å². The van der Waals surface area contributed by atoms with Gasteiger partial charge in [-0.05, 0) is 97.3 Å². The molecule has 0 aliphatic heterocycles. The molecule has 0 saturated heterocycles. The van der Waals surface area contributed by atoms with E-state index in [1.54, 1.807) is 80.1 Å². The molecule has 0 fully saturated rings. The van der Waals surface area contributed by atoms with Crippen LogP contribution in [0.15, 0.2) is 122 Å². The summed E-state index contributed by atoms with van der Waals surface area (Å²) in [5, 5.41) is 5.75. The van der Waals surface area contributed by atoms with Crippen molar-refractivity contribution in [3.63, 3.8) is 0 Å². The smallest absolute Gasteiger partial charge is 0.224 e. The largest absolute Gasteiger partial charge is 0.494 e. The van der Waals surface area contributed by atoms with Crippen molar-refractivity contribution in [3.05, 3.63) is 144 Å². The van der Waals surface area contributed by atoms with E-state index in [4.69, 9.17) is 9.47 Å². The molecule has 8 nitrogen and oxygen atoms in total. The van der Waals surface area contributed by atoms with Crippen LogP contribution in [0.25, 0.3) is 33.5 Å². The number of hydrogen-bond donors (Lipinski definition) is 2. The predicted molar refractivity (Wildman–Crippen MR) is 212 cm³/mol. The molecule has 2 aromatic heterocycles. The Bertz CT molecular complexity index is 2210. The Morgan fingerprint density at radius 2 is 1.27 bits per heavy atom. The van der Waals surface area contributed by atoms with Gasteiger partial charge >= 0.3 is 0 Å². The summed E-state index contributed by atoms with van der Waals surface area (Å²) in [6.45, 7) is 2.09. The fourth-order valence-electron chi connectivity index (χ4n) is 6.24. The number of amides is 2. The van der Waals surface area contributed by atoms with Crippen LogP contribution in [0.1, 0.15) is 43.7 Å². The van der Waals surface area contributed by atoms with Crippen molar-refractivity contribution < 1.29 is 27.8 Å². The van der Waals surface area contributed by atoms with Gasteiger partial charge in [0.05, 0.1) is 43.2 Å². The standard InChI is InChI=1S/C45H42F2N4O4/c1-3-55-41-27-34(26-38(45(41)47)33-21-17-31(18-22-33)9-4-13-42(52)50-35-10-7-25-48-28-35)39-24-23-36(29-49-39)51-43(53)14-5-8-30-15-19-32(20-16-30)37-11-6-12-40(54-2)44(37)46/h6-7,10-12,15-29H,3-5,8-9,13-14H2,1-2H3,(H,50,52)(H,51,53). The summed E-state index contributed by atoms with van der Waals surface area (Å²) in [6.07, 6.45) is 8.21. The highest BCUT2D eigenvalue weighted by Crippen LogP contribution is 2.35. The number of aryl methyl sites for hydroxylation is 2. The third kappa shape index (κ3) is 10.2. The Labute approximate surface area is 319 Å². The molecule has 0 atom stereocenters.